The molecule has 64 heavy (non-hydrogen) atoms. The van der Waals surface area contributed by atoms with Gasteiger partial charge >= 0.3 is 11.9 Å². The van der Waals surface area contributed by atoms with Crippen LogP contribution in [-0.2, 0) is 38.0 Å². The number of carbonyl (C=O) groups excluding carboxylic acids is 2. The summed E-state index contributed by atoms with van der Waals surface area (Å²) in [7, 11) is 0. The summed E-state index contributed by atoms with van der Waals surface area (Å²) in [5, 5.41) is 71.9. The first-order valence-electron chi connectivity index (χ1n) is 25.6. The van der Waals surface area contributed by atoms with Crippen molar-refractivity contribution in [1.29, 1.82) is 0 Å². The largest absolute Gasteiger partial charge is 0.462 e. The van der Waals surface area contributed by atoms with Crippen LogP contribution in [0.25, 0.3) is 0 Å². The molecule has 2 fully saturated rings. The van der Waals surface area contributed by atoms with Crippen LogP contribution >= 0.6 is 0 Å². The zero-order chi connectivity index (χ0) is 46.8. The molecular weight excluding hydrogens is 829 g/mol. The summed E-state index contributed by atoms with van der Waals surface area (Å²) in [6.07, 6.45) is 17.2. The van der Waals surface area contributed by atoms with Gasteiger partial charge in [0.2, 0.25) is 0 Å². The molecule has 2 saturated heterocycles. The van der Waals surface area contributed by atoms with Gasteiger partial charge in [0.05, 0.1) is 19.8 Å². The van der Waals surface area contributed by atoms with Gasteiger partial charge in [-0.15, -0.1) is 0 Å². The Morgan fingerprint density at radius 3 is 1.22 bits per heavy atom. The second-order valence-electron chi connectivity index (χ2n) is 18.4. The van der Waals surface area contributed by atoms with E-state index in [4.69, 9.17) is 28.4 Å². The van der Waals surface area contributed by atoms with Crippen LogP contribution < -0.4 is 0 Å². The number of hydrogen-bond donors (Lipinski definition) is 7. The summed E-state index contributed by atoms with van der Waals surface area (Å²) < 4.78 is 33.5. The van der Waals surface area contributed by atoms with Crippen LogP contribution in [0.15, 0.2) is 0 Å². The molecule has 0 saturated carbocycles. The van der Waals surface area contributed by atoms with Gasteiger partial charge in [-0.1, -0.05) is 181 Å². The maximum absolute atomic E-state index is 12.9. The Labute approximate surface area is 385 Å². The second-order valence-corrected chi connectivity index (χ2v) is 18.4. The molecule has 0 amide bonds. The average Bonchev–Trinajstić information content (AvgIpc) is 3.29. The lowest BCUT2D eigenvalue weighted by Gasteiger charge is -2.42. The fraction of sp³-hybridized carbons (Fsp3) is 0.959. The number of carbonyl (C=O) groups is 2. The van der Waals surface area contributed by atoms with E-state index in [1.54, 1.807) is 0 Å². The Hall–Kier alpha value is -1.50. The van der Waals surface area contributed by atoms with E-state index in [2.05, 4.69) is 13.8 Å². The van der Waals surface area contributed by atoms with E-state index in [9.17, 15) is 45.3 Å². The van der Waals surface area contributed by atoms with Crippen LogP contribution in [-0.4, -0.2) is 142 Å². The highest BCUT2D eigenvalue weighted by Crippen LogP contribution is 2.26. The molecule has 7 N–H and O–H groups in total. The van der Waals surface area contributed by atoms with Crippen LogP contribution in [0.4, 0.5) is 0 Å². The van der Waals surface area contributed by atoms with Crippen molar-refractivity contribution in [2.45, 2.75) is 274 Å². The van der Waals surface area contributed by atoms with Gasteiger partial charge < -0.3 is 64.2 Å². The summed E-state index contributed by atoms with van der Waals surface area (Å²) >= 11 is 0. The van der Waals surface area contributed by atoms with Crippen LogP contribution in [0.1, 0.15) is 206 Å². The van der Waals surface area contributed by atoms with Crippen molar-refractivity contribution in [3.05, 3.63) is 0 Å². The van der Waals surface area contributed by atoms with Gasteiger partial charge in [-0.3, -0.25) is 9.59 Å². The smallest absolute Gasteiger partial charge is 0.306 e. The normalized spacial score (nSPS) is 26.5. The first-order chi connectivity index (χ1) is 31.0. The number of rotatable bonds is 40. The number of hydrogen-bond acceptors (Lipinski definition) is 15. The van der Waals surface area contributed by atoms with Gasteiger partial charge in [0, 0.05) is 12.8 Å². The Morgan fingerprint density at radius 1 is 0.438 bits per heavy atom. The Bertz CT molecular complexity index is 1130. The average molecular weight is 921 g/mol. The molecule has 15 nitrogen and oxygen atoms in total. The SMILES string of the molecule is CCCCCCCCCCCCCCCCCCCCCC(=O)OC[C@@H](CO[C@@H]1O[C@H](CO[C@@H]2O[C@H](CO)[C@H](O)C(O)C2O)[C@H](O)C(O)C1O)OC(=O)CCCCCCCCCCC. The van der Waals surface area contributed by atoms with Crippen molar-refractivity contribution in [3.8, 4) is 0 Å². The number of unbranched alkanes of at least 4 members (excludes halogenated alkanes) is 26. The lowest BCUT2D eigenvalue weighted by Crippen LogP contribution is -2.61. The van der Waals surface area contributed by atoms with E-state index >= 15 is 0 Å². The number of aliphatic hydroxyl groups is 7. The third kappa shape index (κ3) is 25.6. The van der Waals surface area contributed by atoms with Crippen molar-refractivity contribution in [3.63, 3.8) is 0 Å². The molecule has 2 aliphatic rings. The van der Waals surface area contributed by atoms with Gasteiger partial charge in [-0.25, -0.2) is 0 Å². The summed E-state index contributed by atoms with van der Waals surface area (Å²) in [6, 6.07) is 0. The standard InChI is InChI=1S/C49H92O15/c1-3-5-7-9-11-13-14-15-16-17-18-19-20-21-22-24-25-27-29-31-40(51)59-34-37(62-41(52)32-30-28-26-23-12-10-8-6-4-2)35-60-48-47(58)45(56)43(54)39(64-48)36-61-49-46(57)44(55)42(53)38(33-50)63-49/h37-39,42-50,53-58H,3-36H2,1-2H3/t37-,38+,39+,42-,43-,44?,45?,46?,47?,48+,49+/m0/s1. The summed E-state index contributed by atoms with van der Waals surface area (Å²) in [5.41, 5.74) is 0. The minimum absolute atomic E-state index is 0.171. The highest BCUT2D eigenvalue weighted by Gasteiger charge is 2.47. The first-order valence-corrected chi connectivity index (χ1v) is 25.6. The van der Waals surface area contributed by atoms with E-state index in [-0.39, 0.29) is 26.1 Å². The maximum atomic E-state index is 12.9. The molecule has 0 aromatic carbocycles. The molecule has 0 radical (unpaired) electrons. The van der Waals surface area contributed by atoms with Crippen LogP contribution in [0.3, 0.4) is 0 Å². The van der Waals surface area contributed by atoms with Crippen LogP contribution in [0.5, 0.6) is 0 Å². The Kier molecular flexibility index (Phi) is 34.3. The fourth-order valence-electron chi connectivity index (χ4n) is 8.34. The Morgan fingerprint density at radius 2 is 0.797 bits per heavy atom. The predicted octanol–water partition coefficient (Wildman–Crippen LogP) is 6.82. The molecule has 0 aromatic rings. The van der Waals surface area contributed by atoms with Crippen molar-refractivity contribution < 1.29 is 73.8 Å². The molecule has 0 aromatic heterocycles. The summed E-state index contributed by atoms with van der Waals surface area (Å²) in [6.45, 7) is 2.59. The van der Waals surface area contributed by atoms with Crippen molar-refractivity contribution in [2.24, 2.45) is 0 Å². The zero-order valence-electron chi connectivity index (χ0n) is 39.8. The molecule has 15 heteroatoms. The molecule has 0 aliphatic carbocycles. The van der Waals surface area contributed by atoms with Crippen LogP contribution in [0, 0.1) is 0 Å². The molecule has 4 unspecified atom stereocenters. The third-order valence-corrected chi connectivity index (χ3v) is 12.6. The predicted molar refractivity (Wildman–Crippen MR) is 243 cm³/mol. The monoisotopic (exact) mass is 921 g/mol. The number of esters is 2. The van der Waals surface area contributed by atoms with E-state index in [0.29, 0.717) is 12.8 Å². The van der Waals surface area contributed by atoms with Gasteiger partial charge in [0.15, 0.2) is 18.7 Å². The highest BCUT2D eigenvalue weighted by molar-refractivity contribution is 5.70. The number of ether oxygens (including phenoxy) is 6. The first kappa shape index (κ1) is 58.6. The minimum atomic E-state index is -1.76. The molecule has 378 valence electrons. The van der Waals surface area contributed by atoms with E-state index in [1.807, 2.05) is 0 Å². The highest BCUT2D eigenvalue weighted by atomic mass is 16.7. The third-order valence-electron chi connectivity index (χ3n) is 12.6. The molecule has 2 rings (SSSR count). The van der Waals surface area contributed by atoms with E-state index in [1.165, 1.54) is 128 Å². The lowest BCUT2D eigenvalue weighted by atomic mass is 9.98. The quantitative estimate of drug-likeness (QED) is 0.0247. The molecular formula is C49H92O15. The molecule has 11 atom stereocenters. The Balaban J connectivity index is 1.75. The number of aliphatic hydroxyl groups excluding tert-OH is 7. The van der Waals surface area contributed by atoms with Crippen molar-refractivity contribution in [1.82, 2.24) is 0 Å². The zero-order valence-corrected chi connectivity index (χ0v) is 39.8. The minimum Gasteiger partial charge on any atom is -0.462 e. The summed E-state index contributed by atoms with van der Waals surface area (Å²) in [4.78, 5) is 25.6. The fourth-order valence-corrected chi connectivity index (χ4v) is 8.34. The van der Waals surface area contributed by atoms with Gasteiger partial charge in [-0.2, -0.15) is 0 Å². The topological polar surface area (TPSA) is 231 Å². The molecule has 0 spiro atoms. The maximum Gasteiger partial charge on any atom is 0.306 e. The second kappa shape index (κ2) is 37.5. The van der Waals surface area contributed by atoms with Gasteiger partial charge in [-0.05, 0) is 12.8 Å². The lowest BCUT2D eigenvalue weighted by molar-refractivity contribution is -0.332. The summed E-state index contributed by atoms with van der Waals surface area (Å²) in [5.74, 6) is -0.914. The van der Waals surface area contributed by atoms with E-state index < -0.39 is 92.7 Å². The van der Waals surface area contributed by atoms with Gasteiger partial charge in [0.1, 0.15) is 55.4 Å². The van der Waals surface area contributed by atoms with E-state index in [0.717, 1.165) is 38.5 Å². The van der Waals surface area contributed by atoms with Gasteiger partial charge in [0.25, 0.3) is 0 Å². The molecule has 2 aliphatic heterocycles. The van der Waals surface area contributed by atoms with Crippen molar-refractivity contribution >= 4 is 11.9 Å². The molecule has 0 bridgehead atoms. The van der Waals surface area contributed by atoms with Crippen LogP contribution in [0.2, 0.25) is 0 Å². The molecule has 2 heterocycles. The van der Waals surface area contributed by atoms with Crippen molar-refractivity contribution in [2.75, 3.05) is 26.4 Å².